The normalized spacial score (nSPS) is 15.6. The van der Waals surface area contributed by atoms with Crippen LogP contribution in [-0.2, 0) is 14.3 Å². The molecule has 0 saturated heterocycles. The number of hydrogen-bond acceptors (Lipinski definition) is 9. The number of ether oxygens (including phenoxy) is 3. The first kappa shape index (κ1) is 21.6. The molecule has 33 heavy (non-hydrogen) atoms. The van der Waals surface area contributed by atoms with E-state index in [1.54, 1.807) is 67.3 Å². The average molecular weight is 444 g/mol. The standard InChI is InChI=1S/C23H20N6O4/c1-3-31-23(30)20-14(2)32-22(25)17(12-24)21(20)15-5-7-16(8-6-15)33-19-11-18(26-13-27-19)29-10-4-9-28-29/h4-11,13,21H,3,25H2,1-2H3. The first-order valence-corrected chi connectivity index (χ1v) is 10.1. The quantitative estimate of drug-likeness (QED) is 0.568. The number of benzene rings is 1. The lowest BCUT2D eigenvalue weighted by Crippen LogP contribution is -2.25. The van der Waals surface area contributed by atoms with E-state index in [0.29, 0.717) is 28.8 Å². The molecule has 3 heterocycles. The molecule has 2 N–H and O–H groups in total. The number of allylic oxidation sites excluding steroid dienone is 2. The van der Waals surface area contributed by atoms with Crippen molar-refractivity contribution in [3.63, 3.8) is 0 Å². The van der Waals surface area contributed by atoms with Crippen LogP contribution in [0.2, 0.25) is 0 Å². The largest absolute Gasteiger partial charge is 0.463 e. The van der Waals surface area contributed by atoms with Crippen LogP contribution in [0.4, 0.5) is 0 Å². The molecule has 0 saturated carbocycles. The van der Waals surface area contributed by atoms with Gasteiger partial charge >= 0.3 is 5.97 Å². The molecule has 1 unspecified atom stereocenters. The van der Waals surface area contributed by atoms with E-state index in [-0.39, 0.29) is 23.6 Å². The Kier molecular flexibility index (Phi) is 6.04. The van der Waals surface area contributed by atoms with Gasteiger partial charge in [-0.15, -0.1) is 0 Å². The molecule has 4 rings (SSSR count). The third-order valence-corrected chi connectivity index (χ3v) is 4.90. The Labute approximate surface area is 189 Å². The maximum atomic E-state index is 12.6. The van der Waals surface area contributed by atoms with E-state index in [0.717, 1.165) is 0 Å². The Morgan fingerprint density at radius 1 is 1.30 bits per heavy atom. The summed E-state index contributed by atoms with van der Waals surface area (Å²) in [6, 6.07) is 12.4. The van der Waals surface area contributed by atoms with Crippen molar-refractivity contribution in [2.75, 3.05) is 6.61 Å². The lowest BCUT2D eigenvalue weighted by Gasteiger charge is -2.26. The van der Waals surface area contributed by atoms with E-state index in [1.165, 1.54) is 6.33 Å². The molecule has 2 aromatic heterocycles. The van der Waals surface area contributed by atoms with Crippen LogP contribution < -0.4 is 10.5 Å². The lowest BCUT2D eigenvalue weighted by atomic mass is 9.83. The first-order valence-electron chi connectivity index (χ1n) is 10.1. The second-order valence-electron chi connectivity index (χ2n) is 6.95. The van der Waals surface area contributed by atoms with E-state index in [9.17, 15) is 10.1 Å². The smallest absolute Gasteiger partial charge is 0.338 e. The van der Waals surface area contributed by atoms with Crippen molar-refractivity contribution in [1.82, 2.24) is 19.7 Å². The number of hydrogen-bond donors (Lipinski definition) is 1. The minimum absolute atomic E-state index is 0.0412. The van der Waals surface area contributed by atoms with Gasteiger partial charge in [0.05, 0.1) is 18.1 Å². The molecule has 1 aliphatic heterocycles. The molecule has 10 nitrogen and oxygen atoms in total. The van der Waals surface area contributed by atoms with Crippen LogP contribution in [0.5, 0.6) is 11.6 Å². The van der Waals surface area contributed by atoms with Crippen molar-refractivity contribution in [2.45, 2.75) is 19.8 Å². The number of rotatable bonds is 6. The molecule has 0 bridgehead atoms. The highest BCUT2D eigenvalue weighted by atomic mass is 16.5. The Morgan fingerprint density at radius 3 is 2.76 bits per heavy atom. The topological polar surface area (TPSA) is 138 Å². The predicted octanol–water partition coefficient (Wildman–Crippen LogP) is 3.10. The molecule has 0 radical (unpaired) electrons. The molecule has 0 aliphatic carbocycles. The SMILES string of the molecule is CCOC(=O)C1=C(C)OC(N)=C(C#N)C1c1ccc(Oc2cc(-n3cccn3)ncn2)cc1. The molecule has 166 valence electrons. The summed E-state index contributed by atoms with van der Waals surface area (Å²) < 4.78 is 18.1. The van der Waals surface area contributed by atoms with Gasteiger partial charge in [-0.05, 0) is 37.6 Å². The Bertz CT molecular complexity index is 1270. The highest BCUT2D eigenvalue weighted by molar-refractivity contribution is 5.92. The second kappa shape index (κ2) is 9.23. The average Bonchev–Trinajstić information content (AvgIpc) is 3.35. The number of esters is 1. The summed E-state index contributed by atoms with van der Waals surface area (Å²) in [5, 5.41) is 13.8. The fraction of sp³-hybridized carbons (Fsp3) is 0.174. The van der Waals surface area contributed by atoms with Crippen molar-refractivity contribution in [3.8, 4) is 23.5 Å². The van der Waals surface area contributed by atoms with Crippen LogP contribution >= 0.6 is 0 Å². The molecule has 3 aromatic rings. The van der Waals surface area contributed by atoms with E-state index in [2.05, 4.69) is 21.1 Å². The fourth-order valence-corrected chi connectivity index (χ4v) is 3.45. The van der Waals surface area contributed by atoms with Gasteiger partial charge in [0.15, 0.2) is 5.82 Å². The molecule has 0 amide bonds. The predicted molar refractivity (Wildman–Crippen MR) is 116 cm³/mol. The van der Waals surface area contributed by atoms with Crippen molar-refractivity contribution >= 4 is 5.97 Å². The molecular weight excluding hydrogens is 424 g/mol. The molecule has 0 fully saturated rings. The molecule has 0 spiro atoms. The van der Waals surface area contributed by atoms with Crippen molar-refractivity contribution in [3.05, 3.63) is 83.5 Å². The summed E-state index contributed by atoms with van der Waals surface area (Å²) in [6.07, 6.45) is 4.79. The zero-order chi connectivity index (χ0) is 23.4. The Balaban J connectivity index is 1.62. The maximum Gasteiger partial charge on any atom is 0.338 e. The minimum atomic E-state index is -0.720. The third-order valence-electron chi connectivity index (χ3n) is 4.90. The zero-order valence-electron chi connectivity index (χ0n) is 17.9. The zero-order valence-corrected chi connectivity index (χ0v) is 17.9. The third kappa shape index (κ3) is 4.38. The summed E-state index contributed by atoms with van der Waals surface area (Å²) in [6.45, 7) is 3.51. The lowest BCUT2D eigenvalue weighted by molar-refractivity contribution is -0.139. The summed E-state index contributed by atoms with van der Waals surface area (Å²) in [5.74, 6) is 0.365. The van der Waals surface area contributed by atoms with Crippen molar-refractivity contribution in [1.29, 1.82) is 5.26 Å². The van der Waals surface area contributed by atoms with Gasteiger partial charge in [-0.3, -0.25) is 0 Å². The van der Waals surface area contributed by atoms with Crippen LogP contribution in [0, 0.1) is 11.3 Å². The molecular formula is C23H20N6O4. The molecule has 1 atom stereocenters. The van der Waals surface area contributed by atoms with Gasteiger partial charge in [0, 0.05) is 18.5 Å². The summed E-state index contributed by atoms with van der Waals surface area (Å²) in [7, 11) is 0. The van der Waals surface area contributed by atoms with Crippen LogP contribution in [0.25, 0.3) is 5.82 Å². The number of nitrogens with two attached hydrogens (primary N) is 1. The Hall–Kier alpha value is -4.65. The van der Waals surface area contributed by atoms with E-state index < -0.39 is 11.9 Å². The van der Waals surface area contributed by atoms with Crippen LogP contribution in [-0.4, -0.2) is 32.3 Å². The molecule has 1 aromatic carbocycles. The van der Waals surface area contributed by atoms with E-state index >= 15 is 0 Å². The summed E-state index contributed by atoms with van der Waals surface area (Å²) in [4.78, 5) is 20.9. The van der Waals surface area contributed by atoms with Crippen LogP contribution in [0.15, 0.2) is 77.9 Å². The number of carbonyl (C=O) groups is 1. The van der Waals surface area contributed by atoms with E-state index in [1.807, 2.05) is 0 Å². The van der Waals surface area contributed by atoms with E-state index in [4.69, 9.17) is 19.9 Å². The van der Waals surface area contributed by atoms with Gasteiger partial charge in [-0.1, -0.05) is 12.1 Å². The Morgan fingerprint density at radius 2 is 2.09 bits per heavy atom. The van der Waals surface area contributed by atoms with Gasteiger partial charge < -0.3 is 19.9 Å². The van der Waals surface area contributed by atoms with Crippen molar-refractivity contribution < 1.29 is 19.0 Å². The fourth-order valence-electron chi connectivity index (χ4n) is 3.45. The number of nitrogens with zero attached hydrogens (tertiary/aromatic N) is 5. The first-order chi connectivity index (χ1) is 16.0. The van der Waals surface area contributed by atoms with Gasteiger partial charge in [0.25, 0.3) is 0 Å². The maximum absolute atomic E-state index is 12.6. The summed E-state index contributed by atoms with van der Waals surface area (Å²) in [5.41, 5.74) is 6.96. The highest BCUT2D eigenvalue weighted by Gasteiger charge is 2.36. The number of carbonyl (C=O) groups excluding carboxylic acids is 1. The second-order valence-corrected chi connectivity index (χ2v) is 6.95. The van der Waals surface area contributed by atoms with Crippen LogP contribution in [0.1, 0.15) is 25.3 Å². The van der Waals surface area contributed by atoms with Gasteiger partial charge in [-0.25, -0.2) is 19.4 Å². The summed E-state index contributed by atoms with van der Waals surface area (Å²) >= 11 is 0. The number of aromatic nitrogens is 4. The molecule has 1 aliphatic rings. The van der Waals surface area contributed by atoms with Crippen LogP contribution in [0.3, 0.4) is 0 Å². The van der Waals surface area contributed by atoms with Gasteiger partial charge in [0.2, 0.25) is 11.8 Å². The monoisotopic (exact) mass is 444 g/mol. The number of nitriles is 1. The molecule has 10 heteroatoms. The van der Waals surface area contributed by atoms with Gasteiger partial charge in [0.1, 0.15) is 29.5 Å². The van der Waals surface area contributed by atoms with Gasteiger partial charge in [-0.2, -0.15) is 10.4 Å². The minimum Gasteiger partial charge on any atom is -0.463 e. The van der Waals surface area contributed by atoms with Crippen molar-refractivity contribution in [2.24, 2.45) is 5.73 Å². The highest BCUT2D eigenvalue weighted by Crippen LogP contribution is 2.40.